The molecule has 0 aromatic carbocycles. The summed E-state index contributed by atoms with van der Waals surface area (Å²) in [7, 11) is -5.61. The van der Waals surface area contributed by atoms with Gasteiger partial charge in [0.05, 0.1) is 0 Å². The number of hydrogen-bond donors (Lipinski definition) is 0. The number of rotatable bonds is 0. The van der Waals surface area contributed by atoms with Crippen LogP contribution in [-0.4, -0.2) is 41.9 Å². The summed E-state index contributed by atoms with van der Waals surface area (Å²) < 4.78 is 0. The van der Waals surface area contributed by atoms with Crippen LogP contribution in [0.5, 0.6) is 0 Å². The Labute approximate surface area is 176 Å². The van der Waals surface area contributed by atoms with Gasteiger partial charge in [0.15, 0.2) is 0 Å². The molecule has 0 aromatic rings. The van der Waals surface area contributed by atoms with Crippen LogP contribution >= 0.6 is 0 Å². The molecule has 0 amide bonds. The first-order chi connectivity index (χ1) is 2.00. The van der Waals surface area contributed by atoms with E-state index in [-0.39, 0.29) is 151 Å². The van der Waals surface area contributed by atoms with Gasteiger partial charge in [0.1, 0.15) is 0 Å². The molecule has 15 heteroatoms. The monoisotopic (exact) mass is 292 g/mol. The molecule has 10 nitrogen and oxygen atoms in total. The topological polar surface area (TPSA) is 281 Å². The maximum absolute atomic E-state index is 8.58. The molecule has 12 N–H and O–H groups in total. The summed E-state index contributed by atoms with van der Waals surface area (Å²) in [6.07, 6.45) is 0. The molecule has 0 heterocycles. The van der Waals surface area contributed by atoms with Crippen molar-refractivity contribution in [3.05, 3.63) is 0 Å². The van der Waals surface area contributed by atoms with E-state index in [1.165, 1.54) is 0 Å². The average molecular weight is 292 g/mol. The second-order valence-electron chi connectivity index (χ2n) is 0.500. The van der Waals surface area contributed by atoms with Crippen LogP contribution in [0.15, 0.2) is 0 Å². The molecule has 0 atom stereocenters. The summed E-state index contributed by atoms with van der Waals surface area (Å²) in [5.74, 6) is 0. The Morgan fingerprint density at radius 2 is 0.400 bits per heavy atom. The number of hydrogen-bond acceptors (Lipinski definition) is 4. The normalized spacial score (nSPS) is 4.00. The van der Waals surface area contributed by atoms with Crippen molar-refractivity contribution in [1.29, 1.82) is 0 Å². The van der Waals surface area contributed by atoms with Crippen LogP contribution in [0.2, 0.25) is 0 Å². The van der Waals surface area contributed by atoms with E-state index in [0.717, 1.165) is 0 Å². The van der Waals surface area contributed by atoms with E-state index in [1.807, 2.05) is 0 Å². The second kappa shape index (κ2) is 52.3. The van der Waals surface area contributed by atoms with Crippen molar-refractivity contribution < 1.29 is 170 Å². The van der Waals surface area contributed by atoms with Crippen molar-refractivity contribution in [2.45, 2.75) is 0 Å². The smallest absolute Gasteiger partial charge is 0.894 e. The molecule has 0 aromatic heterocycles. The molecule has 0 bridgehead atoms. The van der Waals surface area contributed by atoms with E-state index in [2.05, 4.69) is 0 Å². The molecule has 0 aliphatic carbocycles. The van der Waals surface area contributed by atoms with Crippen molar-refractivity contribution in [3.8, 4) is 0 Å². The van der Waals surface area contributed by atoms with Gasteiger partial charge in [-0.2, -0.15) is 0 Å². The summed E-state index contributed by atoms with van der Waals surface area (Å²) in [4.78, 5) is 34.3. The van der Waals surface area contributed by atoms with Gasteiger partial charge in [-0.05, 0) is 0 Å². The molecule has 0 saturated carbocycles. The third-order valence-electron chi connectivity index (χ3n) is 0. The van der Waals surface area contributed by atoms with E-state index >= 15 is 0 Å². The fraction of sp³-hybridized carbons (Fsp3) is 0. The first-order valence-electron chi connectivity index (χ1n) is 0.816. The zero-order valence-corrected chi connectivity index (χ0v) is 18.1. The largest absolute Gasteiger partial charge is 1.00 e. The molecule has 0 radical (unpaired) electrons. The van der Waals surface area contributed by atoms with Crippen LogP contribution in [0, 0.1) is 0 Å². The van der Waals surface area contributed by atoms with Crippen molar-refractivity contribution in [2.75, 3.05) is 0 Å². The maximum Gasteiger partial charge on any atom is 1.00 e. The summed E-state index contributed by atoms with van der Waals surface area (Å²) in [6, 6.07) is 0. The van der Waals surface area contributed by atoms with Crippen molar-refractivity contribution in [1.82, 2.24) is 0 Å². The first-order valence-corrected chi connectivity index (χ1v) is 2.45. The SMILES string of the molecule is O.O.O.O.O.O.[Na+].[Na+].[Na+].[Na+].[O-][Si]([O-])([O-])[O-]. The summed E-state index contributed by atoms with van der Waals surface area (Å²) in [6.45, 7) is 0. The minimum absolute atomic E-state index is 0. The fourth-order valence-electron chi connectivity index (χ4n) is 0. The zero-order chi connectivity index (χ0) is 4.50. The quantitative estimate of drug-likeness (QED) is 0.392. The molecular weight excluding hydrogens is 280 g/mol. The van der Waals surface area contributed by atoms with Crippen LogP contribution in [0.4, 0.5) is 0 Å². The third-order valence-corrected chi connectivity index (χ3v) is 0. The molecule has 0 unspecified atom stereocenters. The Kier molecular flexibility index (Phi) is 341. The van der Waals surface area contributed by atoms with Gasteiger partial charge < -0.3 is 61.1 Å². The molecule has 0 saturated heterocycles. The average Bonchev–Trinajstić information content (AvgIpc) is 0.722. The van der Waals surface area contributed by atoms with E-state index in [9.17, 15) is 0 Å². The maximum atomic E-state index is 8.58. The first kappa shape index (κ1) is 97.8. The van der Waals surface area contributed by atoms with Crippen LogP contribution in [0.1, 0.15) is 0 Å². The van der Waals surface area contributed by atoms with Crippen LogP contribution in [0.3, 0.4) is 0 Å². The minimum atomic E-state index is -5.61. The zero-order valence-electron chi connectivity index (χ0n) is 9.13. The van der Waals surface area contributed by atoms with E-state index in [4.69, 9.17) is 19.2 Å². The Hall–Kier alpha value is 3.82. The molecule has 15 heavy (non-hydrogen) atoms. The molecule has 0 aliphatic heterocycles. The summed E-state index contributed by atoms with van der Waals surface area (Å²) in [5.41, 5.74) is 0. The predicted molar refractivity (Wildman–Crippen MR) is 27.4 cm³/mol. The Morgan fingerprint density at radius 3 is 0.400 bits per heavy atom. The molecule has 0 fully saturated rings. The third kappa shape index (κ3) is 306. The Bertz CT molecular complexity index is 32.9. The molecule has 80 valence electrons. The molecule has 0 rings (SSSR count). The van der Waals surface area contributed by atoms with Gasteiger partial charge in [0.25, 0.3) is 0 Å². The Morgan fingerprint density at radius 1 is 0.400 bits per heavy atom. The van der Waals surface area contributed by atoms with Gasteiger partial charge in [-0.1, -0.05) is 0 Å². The van der Waals surface area contributed by atoms with Gasteiger partial charge >= 0.3 is 118 Å². The van der Waals surface area contributed by atoms with Gasteiger partial charge in [0, 0.05) is 0 Å². The summed E-state index contributed by atoms with van der Waals surface area (Å²) >= 11 is 0. The van der Waals surface area contributed by atoms with Gasteiger partial charge in [-0.25, -0.2) is 0 Å². The predicted octanol–water partition coefficient (Wildman–Crippen LogP) is -22.1. The second-order valence-corrected chi connectivity index (χ2v) is 1.50. The minimum Gasteiger partial charge on any atom is -0.894 e. The Balaban J connectivity index is -0.00000000178. The van der Waals surface area contributed by atoms with Gasteiger partial charge in [0.2, 0.25) is 0 Å². The van der Waals surface area contributed by atoms with E-state index < -0.39 is 9.05 Å². The van der Waals surface area contributed by atoms with Crippen molar-refractivity contribution in [2.24, 2.45) is 0 Å². The van der Waals surface area contributed by atoms with Crippen LogP contribution in [-0.2, 0) is 0 Å². The molecule has 0 spiro atoms. The van der Waals surface area contributed by atoms with Gasteiger partial charge in [-0.3, -0.25) is 0 Å². The van der Waals surface area contributed by atoms with Crippen molar-refractivity contribution >= 4 is 9.05 Å². The van der Waals surface area contributed by atoms with E-state index in [1.54, 1.807) is 0 Å². The summed E-state index contributed by atoms with van der Waals surface area (Å²) in [5, 5.41) is 0. The standard InChI is InChI=1S/4Na.O4Si.6H2O/c;;;;1-5(2,3)4;;;;;;/h;;;;;6*1H2/q4*+1;-4;;;;;;. The van der Waals surface area contributed by atoms with Crippen LogP contribution < -0.4 is 137 Å². The van der Waals surface area contributed by atoms with Crippen molar-refractivity contribution in [3.63, 3.8) is 0 Å². The van der Waals surface area contributed by atoms with Gasteiger partial charge in [-0.15, -0.1) is 0 Å². The van der Waals surface area contributed by atoms with E-state index in [0.29, 0.717) is 0 Å². The molecule has 0 aliphatic rings. The fourth-order valence-corrected chi connectivity index (χ4v) is 0. The molecular formula is H12Na4O10Si. The van der Waals surface area contributed by atoms with Crippen LogP contribution in [0.25, 0.3) is 0 Å².